The molecule has 0 saturated carbocycles. The maximum atomic E-state index is 4.75. The van der Waals surface area contributed by atoms with Crippen LogP contribution in [0.1, 0.15) is 16.7 Å². The van der Waals surface area contributed by atoms with Crippen LogP contribution in [0.15, 0.2) is 84.9 Å². The Morgan fingerprint density at radius 2 is 1.46 bits per heavy atom. The molecule has 1 heterocycles. The van der Waals surface area contributed by atoms with Crippen molar-refractivity contribution in [1.29, 1.82) is 0 Å². The molecule has 4 aromatic carbocycles. The molecule has 28 heavy (non-hydrogen) atoms. The van der Waals surface area contributed by atoms with Gasteiger partial charge in [0.2, 0.25) is 0 Å². The quantitative estimate of drug-likeness (QED) is 0.366. The van der Waals surface area contributed by atoms with Gasteiger partial charge in [0, 0.05) is 5.39 Å². The van der Waals surface area contributed by atoms with Crippen LogP contribution < -0.4 is 0 Å². The Balaban J connectivity index is 1.48. The van der Waals surface area contributed by atoms with Crippen molar-refractivity contribution >= 4 is 34.0 Å². The molecule has 0 aliphatic carbocycles. The third-order valence-electron chi connectivity index (χ3n) is 4.91. The SMILES string of the molecule is Cc1ccc2c(ccc3nn(-c4ccc(/C=C/c5ccccc5)cc4)nc32)c1. The van der Waals surface area contributed by atoms with Crippen molar-refractivity contribution in [3.8, 4) is 5.69 Å². The number of nitrogens with zero attached hydrogens (tertiary/aromatic N) is 3. The van der Waals surface area contributed by atoms with Crippen LogP contribution in [0.25, 0.3) is 39.6 Å². The Bertz CT molecular complexity index is 1300. The minimum absolute atomic E-state index is 0.907. The molecule has 0 aliphatic heterocycles. The van der Waals surface area contributed by atoms with Gasteiger partial charge in [0.25, 0.3) is 0 Å². The molecule has 0 bridgehead atoms. The van der Waals surface area contributed by atoms with Gasteiger partial charge in [-0.15, -0.1) is 10.2 Å². The van der Waals surface area contributed by atoms with E-state index in [-0.39, 0.29) is 0 Å². The largest absolute Gasteiger partial charge is 0.150 e. The lowest BCUT2D eigenvalue weighted by atomic mass is 10.1. The molecule has 3 heteroatoms. The average Bonchev–Trinajstić information content (AvgIpc) is 3.18. The Kier molecular flexibility index (Phi) is 3.99. The molecule has 0 unspecified atom stereocenters. The molecule has 0 amide bonds. The van der Waals surface area contributed by atoms with Crippen molar-refractivity contribution in [3.63, 3.8) is 0 Å². The van der Waals surface area contributed by atoms with Crippen molar-refractivity contribution in [2.24, 2.45) is 0 Å². The molecule has 5 aromatic rings. The van der Waals surface area contributed by atoms with Crippen molar-refractivity contribution in [2.75, 3.05) is 0 Å². The lowest BCUT2D eigenvalue weighted by Gasteiger charge is -2.00. The van der Waals surface area contributed by atoms with Gasteiger partial charge in [0.05, 0.1) is 5.69 Å². The number of rotatable bonds is 3. The van der Waals surface area contributed by atoms with Gasteiger partial charge in [-0.05, 0) is 41.6 Å². The van der Waals surface area contributed by atoms with Gasteiger partial charge in [0.1, 0.15) is 11.0 Å². The molecule has 0 fully saturated rings. The molecule has 0 saturated heterocycles. The van der Waals surface area contributed by atoms with Gasteiger partial charge < -0.3 is 0 Å². The van der Waals surface area contributed by atoms with Crippen molar-refractivity contribution in [2.45, 2.75) is 6.92 Å². The predicted octanol–water partition coefficient (Wildman–Crippen LogP) is 6.05. The van der Waals surface area contributed by atoms with E-state index in [4.69, 9.17) is 5.10 Å². The highest BCUT2D eigenvalue weighted by atomic mass is 15.5. The van der Waals surface area contributed by atoms with E-state index in [9.17, 15) is 0 Å². The predicted molar refractivity (Wildman–Crippen MR) is 116 cm³/mol. The zero-order valence-electron chi connectivity index (χ0n) is 15.6. The fourth-order valence-electron chi connectivity index (χ4n) is 3.42. The summed E-state index contributed by atoms with van der Waals surface area (Å²) in [6.07, 6.45) is 4.23. The highest BCUT2D eigenvalue weighted by Crippen LogP contribution is 2.24. The fraction of sp³-hybridized carbons (Fsp3) is 0.0400. The second-order valence-corrected chi connectivity index (χ2v) is 6.98. The van der Waals surface area contributed by atoms with Crippen LogP contribution in [0.4, 0.5) is 0 Å². The fourth-order valence-corrected chi connectivity index (χ4v) is 3.42. The number of aromatic nitrogens is 3. The Morgan fingerprint density at radius 1 is 0.714 bits per heavy atom. The summed E-state index contributed by atoms with van der Waals surface area (Å²) in [6.45, 7) is 2.11. The van der Waals surface area contributed by atoms with Crippen LogP contribution >= 0.6 is 0 Å². The van der Waals surface area contributed by atoms with Crippen LogP contribution in [0.2, 0.25) is 0 Å². The van der Waals surface area contributed by atoms with E-state index in [0.29, 0.717) is 0 Å². The Morgan fingerprint density at radius 3 is 2.25 bits per heavy atom. The van der Waals surface area contributed by atoms with E-state index in [2.05, 4.69) is 84.8 Å². The molecule has 0 atom stereocenters. The molecule has 1 aromatic heterocycles. The van der Waals surface area contributed by atoms with Crippen molar-refractivity contribution in [3.05, 3.63) is 102 Å². The van der Waals surface area contributed by atoms with Crippen LogP contribution in [0.3, 0.4) is 0 Å². The van der Waals surface area contributed by atoms with Gasteiger partial charge in [-0.2, -0.15) is 4.80 Å². The molecule has 0 radical (unpaired) electrons. The molecule has 0 aliphatic rings. The van der Waals surface area contributed by atoms with Gasteiger partial charge in [-0.25, -0.2) is 0 Å². The van der Waals surface area contributed by atoms with E-state index in [0.717, 1.165) is 27.7 Å². The summed E-state index contributed by atoms with van der Waals surface area (Å²) in [4.78, 5) is 1.72. The van der Waals surface area contributed by atoms with E-state index in [1.807, 2.05) is 24.3 Å². The summed E-state index contributed by atoms with van der Waals surface area (Å²) in [6, 6.07) is 29.2. The third kappa shape index (κ3) is 3.08. The average molecular weight is 361 g/mol. The summed E-state index contributed by atoms with van der Waals surface area (Å²) >= 11 is 0. The van der Waals surface area contributed by atoms with Gasteiger partial charge in [-0.1, -0.05) is 84.4 Å². The zero-order chi connectivity index (χ0) is 18.9. The summed E-state index contributed by atoms with van der Waals surface area (Å²) in [5, 5.41) is 11.7. The topological polar surface area (TPSA) is 30.7 Å². The van der Waals surface area contributed by atoms with Crippen LogP contribution in [-0.4, -0.2) is 15.0 Å². The first kappa shape index (κ1) is 16.5. The van der Waals surface area contributed by atoms with Crippen LogP contribution in [-0.2, 0) is 0 Å². The van der Waals surface area contributed by atoms with Crippen LogP contribution in [0, 0.1) is 6.92 Å². The highest BCUT2D eigenvalue weighted by molar-refractivity contribution is 6.03. The first-order chi connectivity index (χ1) is 13.8. The van der Waals surface area contributed by atoms with E-state index in [1.165, 1.54) is 16.5 Å². The number of hydrogen-bond acceptors (Lipinski definition) is 2. The molecule has 3 nitrogen and oxygen atoms in total. The minimum Gasteiger partial charge on any atom is -0.150 e. The third-order valence-corrected chi connectivity index (χ3v) is 4.91. The van der Waals surface area contributed by atoms with Gasteiger partial charge in [-0.3, -0.25) is 0 Å². The molecule has 134 valence electrons. The van der Waals surface area contributed by atoms with Crippen molar-refractivity contribution in [1.82, 2.24) is 15.0 Å². The number of aryl methyl sites for hydroxylation is 1. The summed E-state index contributed by atoms with van der Waals surface area (Å²) in [5.41, 5.74) is 6.38. The normalized spacial score (nSPS) is 11.6. The second kappa shape index (κ2) is 6.78. The van der Waals surface area contributed by atoms with Crippen LogP contribution in [0.5, 0.6) is 0 Å². The number of fused-ring (bicyclic) bond motifs is 3. The summed E-state index contributed by atoms with van der Waals surface area (Å²) in [5.74, 6) is 0. The standard InChI is InChI=1S/C25H19N3/c1-18-7-15-23-21(17-18)12-16-24-25(23)27-28(26-24)22-13-10-20(11-14-22)9-8-19-5-3-2-4-6-19/h2-17H,1H3/b9-8+. The highest BCUT2D eigenvalue weighted by Gasteiger charge is 2.08. The molecule has 0 N–H and O–H groups in total. The molecular weight excluding hydrogens is 342 g/mol. The summed E-state index contributed by atoms with van der Waals surface area (Å²) < 4.78 is 0. The Labute approximate surface area is 163 Å². The van der Waals surface area contributed by atoms with Gasteiger partial charge in [0.15, 0.2) is 0 Å². The maximum Gasteiger partial charge on any atom is 0.121 e. The summed E-state index contributed by atoms with van der Waals surface area (Å²) in [7, 11) is 0. The molecule has 5 rings (SSSR count). The van der Waals surface area contributed by atoms with Crippen molar-refractivity contribution < 1.29 is 0 Å². The minimum atomic E-state index is 0.907. The second-order valence-electron chi connectivity index (χ2n) is 6.98. The monoisotopic (exact) mass is 361 g/mol. The lowest BCUT2D eigenvalue weighted by molar-refractivity contribution is 0.766. The first-order valence-electron chi connectivity index (χ1n) is 9.36. The maximum absolute atomic E-state index is 4.75. The lowest BCUT2D eigenvalue weighted by Crippen LogP contribution is -1.97. The smallest absolute Gasteiger partial charge is 0.121 e. The van der Waals surface area contributed by atoms with E-state index >= 15 is 0 Å². The molecule has 0 spiro atoms. The Hall–Kier alpha value is -3.72. The van der Waals surface area contributed by atoms with E-state index < -0.39 is 0 Å². The number of benzene rings is 4. The molecular formula is C25H19N3. The van der Waals surface area contributed by atoms with E-state index in [1.54, 1.807) is 4.80 Å². The number of hydrogen-bond donors (Lipinski definition) is 0. The van der Waals surface area contributed by atoms with Gasteiger partial charge >= 0.3 is 0 Å². The first-order valence-corrected chi connectivity index (χ1v) is 9.36. The zero-order valence-corrected chi connectivity index (χ0v) is 15.6.